The standard InChI is InChI=1S/C28H53NO5/c1-3-5-7-9-11-13-15-17-19-24(30)22-29-23-25(34-28(33)26(29)21-27(31)32)20-18-16-14-12-10-8-6-4-2/h24-26,30H,3-23H2,1-2H3,(H,31,32). The molecular weight excluding hydrogens is 430 g/mol. The molecule has 0 saturated carbocycles. The van der Waals surface area contributed by atoms with Gasteiger partial charge in [0.1, 0.15) is 12.1 Å². The highest BCUT2D eigenvalue weighted by atomic mass is 16.5. The Bertz CT molecular complexity index is 525. The number of nitrogens with zero attached hydrogens (tertiary/aromatic N) is 1. The van der Waals surface area contributed by atoms with Gasteiger partial charge in [0.2, 0.25) is 0 Å². The molecule has 0 aliphatic carbocycles. The second kappa shape index (κ2) is 20.1. The van der Waals surface area contributed by atoms with Gasteiger partial charge in [-0.05, 0) is 19.3 Å². The molecule has 0 spiro atoms. The number of β-amino-alcohol motifs (C(OH)–C–C–N with tert-alkyl or cyclic N) is 1. The van der Waals surface area contributed by atoms with Gasteiger partial charge in [0.15, 0.2) is 0 Å². The van der Waals surface area contributed by atoms with E-state index < -0.39 is 24.1 Å². The largest absolute Gasteiger partial charge is 0.481 e. The first-order valence-electron chi connectivity index (χ1n) is 14.3. The van der Waals surface area contributed by atoms with Crippen LogP contribution in [-0.4, -0.2) is 58.4 Å². The van der Waals surface area contributed by atoms with E-state index in [-0.39, 0.29) is 12.5 Å². The van der Waals surface area contributed by atoms with Crippen molar-refractivity contribution in [2.75, 3.05) is 13.1 Å². The maximum absolute atomic E-state index is 12.6. The van der Waals surface area contributed by atoms with Gasteiger partial charge in [-0.1, -0.05) is 110 Å². The molecule has 1 rings (SSSR count). The lowest BCUT2D eigenvalue weighted by molar-refractivity contribution is -0.171. The number of ether oxygens (including phenoxy) is 1. The molecule has 1 saturated heterocycles. The van der Waals surface area contributed by atoms with Crippen LogP contribution >= 0.6 is 0 Å². The number of carboxylic acids is 1. The van der Waals surface area contributed by atoms with E-state index in [0.717, 1.165) is 32.1 Å². The lowest BCUT2D eigenvalue weighted by Gasteiger charge is -2.38. The number of aliphatic carboxylic acids is 1. The van der Waals surface area contributed by atoms with Crippen LogP contribution in [0.3, 0.4) is 0 Å². The third kappa shape index (κ3) is 15.0. The summed E-state index contributed by atoms with van der Waals surface area (Å²) in [6.45, 7) is 5.32. The second-order valence-corrected chi connectivity index (χ2v) is 10.3. The Hall–Kier alpha value is -1.14. The van der Waals surface area contributed by atoms with Crippen LogP contribution in [0, 0.1) is 0 Å². The molecule has 6 nitrogen and oxygen atoms in total. The van der Waals surface area contributed by atoms with Gasteiger partial charge < -0.3 is 14.9 Å². The fourth-order valence-electron chi connectivity index (χ4n) is 4.93. The number of unbranched alkanes of at least 4 members (excludes halogenated alkanes) is 14. The number of cyclic esters (lactones) is 1. The second-order valence-electron chi connectivity index (χ2n) is 10.3. The summed E-state index contributed by atoms with van der Waals surface area (Å²) in [6.07, 6.45) is 20.1. The Morgan fingerprint density at radius 3 is 1.91 bits per heavy atom. The summed E-state index contributed by atoms with van der Waals surface area (Å²) in [7, 11) is 0. The minimum atomic E-state index is -1.01. The van der Waals surface area contributed by atoms with Crippen LogP contribution in [0.5, 0.6) is 0 Å². The molecule has 0 aromatic carbocycles. The van der Waals surface area contributed by atoms with Crippen LogP contribution in [0.25, 0.3) is 0 Å². The minimum absolute atomic E-state index is 0.201. The molecule has 1 fully saturated rings. The van der Waals surface area contributed by atoms with Gasteiger partial charge in [-0.15, -0.1) is 0 Å². The first-order valence-corrected chi connectivity index (χ1v) is 14.3. The monoisotopic (exact) mass is 483 g/mol. The van der Waals surface area contributed by atoms with E-state index in [1.165, 1.54) is 77.0 Å². The lowest BCUT2D eigenvalue weighted by atomic mass is 10.0. The zero-order chi connectivity index (χ0) is 25.0. The summed E-state index contributed by atoms with van der Waals surface area (Å²) < 4.78 is 5.60. The normalized spacial score (nSPS) is 19.8. The Kier molecular flexibility index (Phi) is 18.3. The number of carbonyl (C=O) groups is 2. The zero-order valence-corrected chi connectivity index (χ0v) is 22.1. The molecule has 6 heteroatoms. The van der Waals surface area contributed by atoms with Crippen LogP contribution in [-0.2, 0) is 14.3 Å². The molecule has 1 aliphatic rings. The van der Waals surface area contributed by atoms with Gasteiger partial charge in [-0.3, -0.25) is 14.5 Å². The number of rotatable bonds is 22. The molecule has 34 heavy (non-hydrogen) atoms. The summed E-state index contributed by atoms with van der Waals surface area (Å²) in [4.78, 5) is 25.7. The number of esters is 1. The SMILES string of the molecule is CCCCCCCCCCC(O)CN1CC(CCCCCCCCCC)OC(=O)C1CC(=O)O. The molecule has 2 N–H and O–H groups in total. The molecule has 3 atom stereocenters. The molecule has 0 aromatic heterocycles. The third-order valence-corrected chi connectivity index (χ3v) is 7.02. The Morgan fingerprint density at radius 2 is 1.38 bits per heavy atom. The summed E-state index contributed by atoms with van der Waals surface area (Å²) in [6, 6.07) is -0.791. The van der Waals surface area contributed by atoms with Crippen LogP contribution in [0.2, 0.25) is 0 Å². The third-order valence-electron chi connectivity index (χ3n) is 7.02. The fourth-order valence-corrected chi connectivity index (χ4v) is 4.93. The van der Waals surface area contributed by atoms with Gasteiger partial charge in [0.25, 0.3) is 0 Å². The highest BCUT2D eigenvalue weighted by Crippen LogP contribution is 2.22. The predicted molar refractivity (Wildman–Crippen MR) is 138 cm³/mol. The van der Waals surface area contributed by atoms with E-state index in [4.69, 9.17) is 4.74 Å². The number of carbonyl (C=O) groups excluding carboxylic acids is 1. The highest BCUT2D eigenvalue weighted by Gasteiger charge is 2.38. The van der Waals surface area contributed by atoms with E-state index in [1.54, 1.807) is 0 Å². The number of morpholine rings is 1. The molecule has 1 aliphatic heterocycles. The predicted octanol–water partition coefficient (Wildman–Crippen LogP) is 6.48. The van der Waals surface area contributed by atoms with Crippen molar-refractivity contribution in [3.05, 3.63) is 0 Å². The van der Waals surface area contributed by atoms with Gasteiger partial charge in [-0.25, -0.2) is 0 Å². The van der Waals surface area contributed by atoms with Gasteiger partial charge in [0.05, 0.1) is 12.5 Å². The summed E-state index contributed by atoms with van der Waals surface area (Å²) >= 11 is 0. The molecule has 1 heterocycles. The molecule has 200 valence electrons. The molecule has 0 aromatic rings. The summed E-state index contributed by atoms with van der Waals surface area (Å²) in [5.41, 5.74) is 0. The van der Waals surface area contributed by atoms with Crippen molar-refractivity contribution in [3.8, 4) is 0 Å². The van der Waals surface area contributed by atoms with Crippen LogP contribution in [0.15, 0.2) is 0 Å². The Balaban J connectivity index is 2.36. The van der Waals surface area contributed by atoms with E-state index in [1.807, 2.05) is 4.90 Å². The van der Waals surface area contributed by atoms with Crippen LogP contribution in [0.4, 0.5) is 0 Å². The molecule has 0 bridgehead atoms. The average Bonchev–Trinajstić information content (AvgIpc) is 2.79. The first-order chi connectivity index (χ1) is 16.5. The molecular formula is C28H53NO5. The number of hydrogen-bond acceptors (Lipinski definition) is 5. The van der Waals surface area contributed by atoms with Gasteiger partial charge in [0, 0.05) is 13.1 Å². The average molecular weight is 484 g/mol. The summed E-state index contributed by atoms with van der Waals surface area (Å²) in [5.74, 6) is -1.46. The summed E-state index contributed by atoms with van der Waals surface area (Å²) in [5, 5.41) is 19.9. The van der Waals surface area contributed by atoms with E-state index in [9.17, 15) is 19.8 Å². The van der Waals surface area contributed by atoms with Crippen molar-refractivity contribution in [1.82, 2.24) is 4.90 Å². The van der Waals surface area contributed by atoms with Crippen molar-refractivity contribution in [3.63, 3.8) is 0 Å². The van der Waals surface area contributed by atoms with Crippen molar-refractivity contribution in [2.24, 2.45) is 0 Å². The van der Waals surface area contributed by atoms with Gasteiger partial charge in [-0.2, -0.15) is 0 Å². The van der Waals surface area contributed by atoms with E-state index in [0.29, 0.717) is 19.5 Å². The van der Waals surface area contributed by atoms with Crippen molar-refractivity contribution < 1.29 is 24.5 Å². The molecule has 3 unspecified atom stereocenters. The van der Waals surface area contributed by atoms with E-state index in [2.05, 4.69) is 13.8 Å². The van der Waals surface area contributed by atoms with Gasteiger partial charge >= 0.3 is 11.9 Å². The minimum Gasteiger partial charge on any atom is -0.481 e. The lowest BCUT2D eigenvalue weighted by Crippen LogP contribution is -2.55. The Labute approximate surface area is 208 Å². The number of carboxylic acid groups (broad SMARTS) is 1. The molecule has 0 radical (unpaired) electrons. The Morgan fingerprint density at radius 1 is 0.882 bits per heavy atom. The maximum Gasteiger partial charge on any atom is 0.324 e. The number of aliphatic hydroxyl groups is 1. The topological polar surface area (TPSA) is 87.1 Å². The first kappa shape index (κ1) is 30.9. The van der Waals surface area contributed by atoms with Crippen molar-refractivity contribution in [1.29, 1.82) is 0 Å². The van der Waals surface area contributed by atoms with Crippen LogP contribution < -0.4 is 0 Å². The number of hydrogen-bond donors (Lipinski definition) is 2. The quantitative estimate of drug-likeness (QED) is 0.135. The van der Waals surface area contributed by atoms with Crippen LogP contribution in [0.1, 0.15) is 136 Å². The fraction of sp³-hybridized carbons (Fsp3) is 0.929. The highest BCUT2D eigenvalue weighted by molar-refractivity contribution is 5.82. The molecule has 0 amide bonds. The smallest absolute Gasteiger partial charge is 0.324 e. The zero-order valence-electron chi connectivity index (χ0n) is 22.1. The maximum atomic E-state index is 12.6. The van der Waals surface area contributed by atoms with E-state index >= 15 is 0 Å². The van der Waals surface area contributed by atoms with Crippen molar-refractivity contribution in [2.45, 2.75) is 154 Å². The van der Waals surface area contributed by atoms with Crippen molar-refractivity contribution >= 4 is 11.9 Å². The number of aliphatic hydroxyl groups excluding tert-OH is 1.